The third kappa shape index (κ3) is 3.99. The minimum atomic E-state index is -0.406. The summed E-state index contributed by atoms with van der Waals surface area (Å²) in [6.07, 6.45) is 12.6. The minimum Gasteiger partial charge on any atom is -0.308 e. The lowest BCUT2D eigenvalue weighted by Crippen LogP contribution is -2.30. The van der Waals surface area contributed by atoms with E-state index in [1.54, 1.807) is 0 Å². The topological polar surface area (TPSA) is 4.41 Å². The number of hydrogen-bond acceptors (Lipinski definition) is 0. The summed E-state index contributed by atoms with van der Waals surface area (Å²) in [7, 11) is 0. The maximum Gasteiger partial charge on any atom is 0.0710 e. The van der Waals surface area contributed by atoms with Gasteiger partial charge in [-0.1, -0.05) is 158 Å². The van der Waals surface area contributed by atoms with Crippen LogP contribution in [-0.2, 0) is 5.41 Å². The fourth-order valence-corrected chi connectivity index (χ4v) is 10.2. The number of para-hydroxylation sites is 1. The minimum absolute atomic E-state index is 0.381. The van der Waals surface area contributed by atoms with E-state index >= 15 is 0 Å². The summed E-state index contributed by atoms with van der Waals surface area (Å²) in [5, 5.41) is 5.21. The largest absolute Gasteiger partial charge is 0.308 e. The molecular weight excluding hydrogens is 651 g/mol. The van der Waals surface area contributed by atoms with Crippen molar-refractivity contribution in [2.45, 2.75) is 11.8 Å². The molecule has 7 aromatic carbocycles. The van der Waals surface area contributed by atoms with Gasteiger partial charge in [-0.15, -0.1) is 0 Å². The Hall–Kier alpha value is -6.70. The second kappa shape index (κ2) is 11.2. The average Bonchev–Trinajstić information content (AvgIpc) is 3.86. The molecule has 3 aliphatic carbocycles. The first kappa shape index (κ1) is 29.8. The van der Waals surface area contributed by atoms with Crippen molar-refractivity contribution >= 4 is 43.7 Å². The molecule has 0 amide bonds. The number of allylic oxidation sites excluding steroid dienone is 8. The maximum absolute atomic E-state index is 2.52. The summed E-state index contributed by atoms with van der Waals surface area (Å²) in [5.74, 6) is 0.381. The van der Waals surface area contributed by atoms with Crippen LogP contribution in [0.3, 0.4) is 0 Å². The van der Waals surface area contributed by atoms with Crippen LogP contribution >= 0.6 is 0 Å². The molecule has 9 aromatic rings. The molecule has 0 saturated carbocycles. The predicted molar refractivity (Wildman–Crippen MR) is 226 cm³/mol. The number of fused-ring (bicyclic) bond motifs is 9. The number of hydrogen-bond donors (Lipinski definition) is 0. The SMILES string of the molecule is C1=CC2=CC3=C(CC2C=C1)c1cc(-c2cc4c5ccccc5n5c6ccc(-c7ccccc7)cc6c(c2)c45)ccc1C3(c1ccccc1)c1ccccc1. The molecule has 2 aromatic heterocycles. The molecule has 0 fully saturated rings. The van der Waals surface area contributed by atoms with E-state index in [-0.39, 0.29) is 0 Å². The van der Waals surface area contributed by atoms with Crippen LogP contribution in [0.25, 0.3) is 65.9 Å². The van der Waals surface area contributed by atoms with Gasteiger partial charge in [0, 0.05) is 27.5 Å². The van der Waals surface area contributed by atoms with Crippen LogP contribution in [0.2, 0.25) is 0 Å². The van der Waals surface area contributed by atoms with E-state index in [0.29, 0.717) is 5.92 Å². The molecule has 0 radical (unpaired) electrons. The number of benzene rings is 7. The Morgan fingerprint density at radius 1 is 0.500 bits per heavy atom. The van der Waals surface area contributed by atoms with Gasteiger partial charge >= 0.3 is 0 Å². The second-order valence-electron chi connectivity index (χ2n) is 15.2. The van der Waals surface area contributed by atoms with Crippen molar-refractivity contribution in [2.75, 3.05) is 0 Å². The van der Waals surface area contributed by atoms with E-state index < -0.39 is 5.41 Å². The summed E-state index contributed by atoms with van der Waals surface area (Å²) < 4.78 is 2.49. The Morgan fingerprint density at radius 3 is 1.91 bits per heavy atom. The molecule has 54 heavy (non-hydrogen) atoms. The first-order chi connectivity index (χ1) is 26.8. The molecule has 0 aliphatic heterocycles. The Kier molecular flexibility index (Phi) is 6.16. The van der Waals surface area contributed by atoms with Gasteiger partial charge in [-0.2, -0.15) is 0 Å². The van der Waals surface area contributed by atoms with Crippen LogP contribution in [0.15, 0.2) is 205 Å². The molecule has 0 N–H and O–H groups in total. The van der Waals surface area contributed by atoms with Gasteiger partial charge < -0.3 is 4.40 Å². The molecule has 252 valence electrons. The van der Waals surface area contributed by atoms with Crippen LogP contribution < -0.4 is 0 Å². The van der Waals surface area contributed by atoms with Crippen molar-refractivity contribution in [3.05, 3.63) is 228 Å². The van der Waals surface area contributed by atoms with Gasteiger partial charge in [0.1, 0.15) is 0 Å². The summed E-state index contributed by atoms with van der Waals surface area (Å²) >= 11 is 0. The van der Waals surface area contributed by atoms with E-state index in [4.69, 9.17) is 0 Å². The highest BCUT2D eigenvalue weighted by Crippen LogP contribution is 2.59. The Balaban J connectivity index is 1.14. The first-order valence-electron chi connectivity index (χ1n) is 19.1. The van der Waals surface area contributed by atoms with Gasteiger partial charge in [0.15, 0.2) is 0 Å². The van der Waals surface area contributed by atoms with E-state index in [1.807, 2.05) is 0 Å². The molecule has 2 heterocycles. The highest BCUT2D eigenvalue weighted by Gasteiger charge is 2.48. The number of nitrogens with zero attached hydrogens (tertiary/aromatic N) is 1. The zero-order valence-corrected chi connectivity index (χ0v) is 29.7. The van der Waals surface area contributed by atoms with Gasteiger partial charge in [-0.3, -0.25) is 0 Å². The normalized spacial score (nSPS) is 17.0. The highest BCUT2D eigenvalue weighted by molar-refractivity contribution is 6.24. The zero-order valence-electron chi connectivity index (χ0n) is 29.7. The Bertz CT molecular complexity index is 3060. The molecular formula is C53H35N. The molecule has 0 bridgehead atoms. The third-order valence-electron chi connectivity index (χ3n) is 12.5. The molecule has 1 nitrogen and oxygen atoms in total. The Labute approximate surface area is 314 Å². The van der Waals surface area contributed by atoms with Crippen molar-refractivity contribution in [1.29, 1.82) is 0 Å². The van der Waals surface area contributed by atoms with E-state index in [1.165, 1.54) is 99.3 Å². The van der Waals surface area contributed by atoms with Gasteiger partial charge in [0.2, 0.25) is 0 Å². The van der Waals surface area contributed by atoms with E-state index in [9.17, 15) is 0 Å². The average molecular weight is 686 g/mol. The number of aromatic nitrogens is 1. The predicted octanol–water partition coefficient (Wildman–Crippen LogP) is 13.3. The smallest absolute Gasteiger partial charge is 0.0710 e. The van der Waals surface area contributed by atoms with Crippen LogP contribution in [0.5, 0.6) is 0 Å². The van der Waals surface area contributed by atoms with Crippen molar-refractivity contribution < 1.29 is 0 Å². The Morgan fingerprint density at radius 2 is 1.13 bits per heavy atom. The quantitative estimate of drug-likeness (QED) is 0.174. The van der Waals surface area contributed by atoms with Gasteiger partial charge in [0.25, 0.3) is 0 Å². The molecule has 12 rings (SSSR count). The number of rotatable bonds is 4. The monoisotopic (exact) mass is 685 g/mol. The zero-order chi connectivity index (χ0) is 35.4. The first-order valence-corrected chi connectivity index (χ1v) is 19.1. The second-order valence-corrected chi connectivity index (χ2v) is 15.2. The van der Waals surface area contributed by atoms with Crippen molar-refractivity contribution in [3.8, 4) is 22.3 Å². The lowest BCUT2D eigenvalue weighted by atomic mass is 9.65. The molecule has 1 heteroatoms. The van der Waals surface area contributed by atoms with Crippen molar-refractivity contribution in [2.24, 2.45) is 5.92 Å². The molecule has 1 unspecified atom stereocenters. The molecule has 1 atom stereocenters. The fraction of sp³-hybridized carbons (Fsp3) is 0.0566. The fourth-order valence-electron chi connectivity index (χ4n) is 10.2. The van der Waals surface area contributed by atoms with Crippen molar-refractivity contribution in [3.63, 3.8) is 0 Å². The van der Waals surface area contributed by atoms with Gasteiger partial charge in [-0.05, 0) is 104 Å². The summed E-state index contributed by atoms with van der Waals surface area (Å²) in [6.45, 7) is 0. The molecule has 0 saturated heterocycles. The van der Waals surface area contributed by atoms with E-state index in [2.05, 4.69) is 199 Å². The van der Waals surface area contributed by atoms with Gasteiger partial charge in [0.05, 0.1) is 22.0 Å². The van der Waals surface area contributed by atoms with Crippen LogP contribution in [0.1, 0.15) is 28.7 Å². The van der Waals surface area contributed by atoms with Crippen LogP contribution in [0.4, 0.5) is 0 Å². The van der Waals surface area contributed by atoms with Crippen LogP contribution in [-0.4, -0.2) is 4.40 Å². The molecule has 3 aliphatic rings. The standard InChI is InChI=1S/C53H35N/c1-4-14-34(15-5-1)37-25-27-51-45(30-37)47-32-39(31-46-42-22-12-13-23-50(42)54(51)52(46)47)38-24-26-48-43(29-38)44-28-35-16-10-11-17-36(35)33-49(44)53(48,40-18-6-2-7-19-40)41-20-8-3-9-21-41/h1-27,29-33,35H,28H2. The highest BCUT2D eigenvalue weighted by atomic mass is 14.9. The third-order valence-corrected chi connectivity index (χ3v) is 12.5. The lowest BCUT2D eigenvalue weighted by Gasteiger charge is -2.36. The lowest BCUT2D eigenvalue weighted by molar-refractivity contribution is 0.733. The maximum atomic E-state index is 2.52. The summed E-state index contributed by atoms with van der Waals surface area (Å²) in [6, 6.07) is 61.3. The van der Waals surface area contributed by atoms with Crippen LogP contribution in [0, 0.1) is 5.92 Å². The molecule has 0 spiro atoms. The van der Waals surface area contributed by atoms with Gasteiger partial charge in [-0.25, -0.2) is 0 Å². The van der Waals surface area contributed by atoms with E-state index in [0.717, 1.165) is 6.42 Å². The summed E-state index contributed by atoms with van der Waals surface area (Å²) in [4.78, 5) is 0. The summed E-state index contributed by atoms with van der Waals surface area (Å²) in [5.41, 5.74) is 18.1. The van der Waals surface area contributed by atoms with Crippen molar-refractivity contribution in [1.82, 2.24) is 4.40 Å².